The molecule has 0 aliphatic carbocycles. The summed E-state index contributed by atoms with van der Waals surface area (Å²) >= 11 is 5.83. The second-order valence-electron chi connectivity index (χ2n) is 5.46. The summed E-state index contributed by atoms with van der Waals surface area (Å²) in [6.45, 7) is 2.89. The number of carbonyl (C=O) groups excluding carboxylic acids is 2. The van der Waals surface area contributed by atoms with E-state index in [2.05, 4.69) is 10.6 Å². The van der Waals surface area contributed by atoms with Gasteiger partial charge in [0.2, 0.25) is 5.91 Å². The molecule has 0 atom stereocenters. The molecule has 0 aliphatic rings. The molecule has 0 radical (unpaired) electrons. The molecule has 2 amide bonds. The first kappa shape index (κ1) is 19.7. The van der Waals surface area contributed by atoms with Crippen LogP contribution in [0.1, 0.15) is 22.8 Å². The normalized spacial score (nSPS) is 10.3. The summed E-state index contributed by atoms with van der Waals surface area (Å²) in [6, 6.07) is 11.3. The van der Waals surface area contributed by atoms with Crippen molar-refractivity contribution in [2.24, 2.45) is 0 Å². The van der Waals surface area contributed by atoms with Crippen molar-refractivity contribution in [1.82, 2.24) is 10.6 Å². The van der Waals surface area contributed by atoms with Crippen LogP contribution in [0.4, 0.5) is 4.39 Å². The van der Waals surface area contributed by atoms with E-state index in [9.17, 15) is 14.0 Å². The summed E-state index contributed by atoms with van der Waals surface area (Å²) in [5, 5.41) is 5.27. The Balaban J connectivity index is 1.74. The van der Waals surface area contributed by atoms with Crippen LogP contribution in [0.3, 0.4) is 0 Å². The van der Waals surface area contributed by atoms with Crippen LogP contribution in [0.5, 0.6) is 5.75 Å². The molecule has 0 spiro atoms. The van der Waals surface area contributed by atoms with E-state index in [1.807, 2.05) is 31.2 Å². The zero-order chi connectivity index (χ0) is 18.9. The zero-order valence-corrected chi connectivity index (χ0v) is 15.1. The highest BCUT2D eigenvalue weighted by molar-refractivity contribution is 6.33. The Morgan fingerprint density at radius 3 is 2.42 bits per heavy atom. The predicted molar refractivity (Wildman–Crippen MR) is 98.1 cm³/mol. The first-order valence-electron chi connectivity index (χ1n) is 8.22. The second-order valence-corrected chi connectivity index (χ2v) is 5.86. The molecule has 0 unspecified atom stereocenters. The molecule has 2 N–H and O–H groups in total. The van der Waals surface area contributed by atoms with Crippen molar-refractivity contribution in [3.05, 3.63) is 64.4 Å². The summed E-state index contributed by atoms with van der Waals surface area (Å²) < 4.78 is 19.0. The topological polar surface area (TPSA) is 67.4 Å². The molecule has 0 aliphatic heterocycles. The lowest BCUT2D eigenvalue weighted by Crippen LogP contribution is -2.35. The molecular formula is C19H20ClFN2O3. The fraction of sp³-hybridized carbons (Fsp3) is 0.263. The number of carbonyl (C=O) groups is 2. The van der Waals surface area contributed by atoms with Crippen molar-refractivity contribution in [2.45, 2.75) is 13.3 Å². The molecule has 0 fully saturated rings. The van der Waals surface area contributed by atoms with Crippen LogP contribution in [0.15, 0.2) is 42.5 Å². The van der Waals surface area contributed by atoms with E-state index in [4.69, 9.17) is 16.3 Å². The van der Waals surface area contributed by atoms with Gasteiger partial charge in [-0.05, 0) is 36.8 Å². The van der Waals surface area contributed by atoms with Crippen LogP contribution in [0, 0.1) is 5.82 Å². The minimum Gasteiger partial charge on any atom is -0.494 e. The van der Waals surface area contributed by atoms with Gasteiger partial charge in [0.25, 0.3) is 5.91 Å². The third-order valence-corrected chi connectivity index (χ3v) is 3.84. The van der Waals surface area contributed by atoms with Crippen LogP contribution in [-0.4, -0.2) is 31.5 Å². The first-order chi connectivity index (χ1) is 12.5. The van der Waals surface area contributed by atoms with E-state index < -0.39 is 11.7 Å². The number of rotatable bonds is 8. The van der Waals surface area contributed by atoms with Gasteiger partial charge in [0.1, 0.15) is 11.6 Å². The van der Waals surface area contributed by atoms with Crippen LogP contribution in [0.25, 0.3) is 0 Å². The summed E-state index contributed by atoms with van der Waals surface area (Å²) in [7, 11) is 0. The largest absolute Gasteiger partial charge is 0.494 e. The number of benzene rings is 2. The Hall–Kier alpha value is -2.60. The maximum Gasteiger partial charge on any atom is 0.255 e. The van der Waals surface area contributed by atoms with E-state index >= 15 is 0 Å². The minimum absolute atomic E-state index is 0.0436. The first-order valence-corrected chi connectivity index (χ1v) is 8.59. The number of amides is 2. The molecule has 0 saturated heterocycles. The Labute approximate surface area is 156 Å². The van der Waals surface area contributed by atoms with Crippen LogP contribution < -0.4 is 15.4 Å². The zero-order valence-electron chi connectivity index (χ0n) is 14.4. The molecule has 0 heterocycles. The van der Waals surface area contributed by atoms with Crippen molar-refractivity contribution in [3.8, 4) is 5.75 Å². The maximum absolute atomic E-state index is 13.6. The molecule has 26 heavy (non-hydrogen) atoms. The highest BCUT2D eigenvalue weighted by Gasteiger charge is 2.15. The summed E-state index contributed by atoms with van der Waals surface area (Å²) in [6.07, 6.45) is 0.222. The van der Waals surface area contributed by atoms with E-state index in [1.54, 1.807) is 0 Å². The lowest BCUT2D eigenvalue weighted by Gasteiger charge is -2.09. The van der Waals surface area contributed by atoms with E-state index in [-0.39, 0.29) is 36.0 Å². The molecule has 5 nitrogen and oxygen atoms in total. The smallest absolute Gasteiger partial charge is 0.255 e. The Bertz CT molecular complexity index is 746. The van der Waals surface area contributed by atoms with Gasteiger partial charge < -0.3 is 15.4 Å². The quantitative estimate of drug-likeness (QED) is 0.694. The average Bonchev–Trinajstić information content (AvgIpc) is 2.60. The van der Waals surface area contributed by atoms with Gasteiger partial charge in [0.15, 0.2) is 0 Å². The van der Waals surface area contributed by atoms with Gasteiger partial charge in [0, 0.05) is 13.1 Å². The molecular weight excluding hydrogens is 359 g/mol. The van der Waals surface area contributed by atoms with E-state index in [0.717, 1.165) is 11.3 Å². The minimum atomic E-state index is -0.686. The summed E-state index contributed by atoms with van der Waals surface area (Å²) in [5.41, 5.74) is 0.656. The van der Waals surface area contributed by atoms with Gasteiger partial charge in [0.05, 0.1) is 23.6 Å². The van der Waals surface area contributed by atoms with Gasteiger partial charge in [-0.25, -0.2) is 4.39 Å². The molecule has 2 rings (SSSR count). The molecule has 0 saturated carbocycles. The SMILES string of the molecule is CCOc1ccc(CC(=O)NCCNC(=O)c2c(F)cccc2Cl)cc1. The van der Waals surface area contributed by atoms with Gasteiger partial charge in [-0.1, -0.05) is 29.8 Å². The Morgan fingerprint density at radius 2 is 1.77 bits per heavy atom. The third-order valence-electron chi connectivity index (χ3n) is 3.52. The monoisotopic (exact) mass is 378 g/mol. The van der Waals surface area contributed by atoms with Crippen molar-refractivity contribution in [3.63, 3.8) is 0 Å². The van der Waals surface area contributed by atoms with Crippen molar-refractivity contribution >= 4 is 23.4 Å². The van der Waals surface area contributed by atoms with Gasteiger partial charge in [-0.15, -0.1) is 0 Å². The molecule has 7 heteroatoms. The fourth-order valence-corrected chi connectivity index (χ4v) is 2.55. The number of hydrogen-bond acceptors (Lipinski definition) is 3. The highest BCUT2D eigenvalue weighted by atomic mass is 35.5. The molecule has 0 aromatic heterocycles. The van der Waals surface area contributed by atoms with Gasteiger partial charge in [-0.3, -0.25) is 9.59 Å². The number of hydrogen-bond donors (Lipinski definition) is 2. The number of ether oxygens (including phenoxy) is 1. The van der Waals surface area contributed by atoms with E-state index in [0.29, 0.717) is 6.61 Å². The van der Waals surface area contributed by atoms with Crippen LogP contribution >= 0.6 is 11.6 Å². The van der Waals surface area contributed by atoms with Crippen molar-refractivity contribution in [2.75, 3.05) is 19.7 Å². The standard InChI is InChI=1S/C19H20ClFN2O3/c1-2-26-14-8-6-13(7-9-14)12-17(24)22-10-11-23-19(25)18-15(20)4-3-5-16(18)21/h3-9H,2,10-12H2,1H3,(H,22,24)(H,23,25). The second kappa shape index (κ2) is 9.77. The summed E-state index contributed by atoms with van der Waals surface area (Å²) in [5.74, 6) is -0.720. The molecule has 2 aromatic carbocycles. The third kappa shape index (κ3) is 5.74. The molecule has 0 bridgehead atoms. The van der Waals surface area contributed by atoms with Crippen LogP contribution in [-0.2, 0) is 11.2 Å². The Kier molecular flexibility index (Phi) is 7.41. The molecule has 2 aromatic rings. The van der Waals surface area contributed by atoms with Gasteiger partial charge in [-0.2, -0.15) is 0 Å². The summed E-state index contributed by atoms with van der Waals surface area (Å²) in [4.78, 5) is 23.9. The number of nitrogens with one attached hydrogen (secondary N) is 2. The average molecular weight is 379 g/mol. The highest BCUT2D eigenvalue weighted by Crippen LogP contribution is 2.18. The number of halogens is 2. The predicted octanol–water partition coefficient (Wildman–Crippen LogP) is 2.97. The van der Waals surface area contributed by atoms with Crippen molar-refractivity contribution in [1.29, 1.82) is 0 Å². The van der Waals surface area contributed by atoms with Crippen molar-refractivity contribution < 1.29 is 18.7 Å². The van der Waals surface area contributed by atoms with Crippen LogP contribution in [0.2, 0.25) is 5.02 Å². The fourth-order valence-electron chi connectivity index (χ4n) is 2.30. The maximum atomic E-state index is 13.6. The lowest BCUT2D eigenvalue weighted by molar-refractivity contribution is -0.120. The van der Waals surface area contributed by atoms with Gasteiger partial charge >= 0.3 is 0 Å². The van der Waals surface area contributed by atoms with E-state index in [1.165, 1.54) is 18.2 Å². The lowest BCUT2D eigenvalue weighted by atomic mass is 10.1. The Morgan fingerprint density at radius 1 is 1.08 bits per heavy atom. The molecule has 138 valence electrons.